The highest BCUT2D eigenvalue weighted by molar-refractivity contribution is 5.76. The van der Waals surface area contributed by atoms with Crippen molar-refractivity contribution in [2.45, 2.75) is 37.6 Å². The smallest absolute Gasteiger partial charge is 0.480 e. The van der Waals surface area contributed by atoms with Crippen molar-refractivity contribution < 1.29 is 59.2 Å². The summed E-state index contributed by atoms with van der Waals surface area (Å²) in [6.07, 6.45) is -2.37. The van der Waals surface area contributed by atoms with E-state index >= 15 is 0 Å². The van der Waals surface area contributed by atoms with Gasteiger partial charge in [0.2, 0.25) is 0 Å². The summed E-state index contributed by atoms with van der Waals surface area (Å²) in [5.41, 5.74) is 0.192. The first-order chi connectivity index (χ1) is 18.8. The number of benzene rings is 1. The third-order valence-electron chi connectivity index (χ3n) is 6.31. The second kappa shape index (κ2) is 14.7. The van der Waals surface area contributed by atoms with E-state index in [2.05, 4.69) is 0 Å². The van der Waals surface area contributed by atoms with Crippen LogP contribution in [0.3, 0.4) is 0 Å². The molecule has 5 N–H and O–H groups in total. The van der Waals surface area contributed by atoms with Gasteiger partial charge in [0.15, 0.2) is 6.23 Å². The molecule has 220 valence electrons. The SMILES string of the molecule is O=C(O)CN(CCN(CC(=O)O)[C@H](Cc1ccc([N+](=O)[O-])cc1)C(=O)O)C[C@@H]1CC[C@@H](OC(=O)O)N1CC(=O)O. The van der Waals surface area contributed by atoms with E-state index < -0.39 is 72.9 Å². The molecule has 2 rings (SSSR count). The van der Waals surface area contributed by atoms with Gasteiger partial charge in [-0.3, -0.25) is 44.0 Å². The van der Waals surface area contributed by atoms with Gasteiger partial charge in [-0.05, 0) is 18.4 Å². The summed E-state index contributed by atoms with van der Waals surface area (Å²) in [5.74, 6) is -5.19. The van der Waals surface area contributed by atoms with E-state index in [1.165, 1.54) is 34.1 Å². The zero-order valence-electron chi connectivity index (χ0n) is 21.2. The van der Waals surface area contributed by atoms with Gasteiger partial charge in [-0.2, -0.15) is 0 Å². The summed E-state index contributed by atoms with van der Waals surface area (Å²) in [7, 11) is 0. The highest BCUT2D eigenvalue weighted by Gasteiger charge is 2.38. The number of ether oxygens (including phenoxy) is 1. The number of hydrogen-bond acceptors (Lipinski definition) is 11. The van der Waals surface area contributed by atoms with E-state index in [4.69, 9.17) is 9.84 Å². The number of aliphatic carboxylic acids is 4. The second-order valence-electron chi connectivity index (χ2n) is 9.11. The van der Waals surface area contributed by atoms with E-state index in [0.29, 0.717) is 5.56 Å². The monoisotopic (exact) mass is 570 g/mol. The molecule has 3 atom stereocenters. The van der Waals surface area contributed by atoms with Crippen molar-refractivity contribution in [1.82, 2.24) is 14.7 Å². The van der Waals surface area contributed by atoms with Crippen LogP contribution in [-0.4, -0.2) is 133 Å². The zero-order valence-corrected chi connectivity index (χ0v) is 21.2. The Morgan fingerprint density at radius 3 is 2.08 bits per heavy atom. The molecule has 0 radical (unpaired) electrons. The average molecular weight is 571 g/mol. The highest BCUT2D eigenvalue weighted by atomic mass is 16.7. The van der Waals surface area contributed by atoms with Crippen LogP contribution in [0.2, 0.25) is 0 Å². The van der Waals surface area contributed by atoms with E-state index in [-0.39, 0.29) is 44.6 Å². The van der Waals surface area contributed by atoms with Crippen molar-refractivity contribution in [2.24, 2.45) is 0 Å². The maximum Gasteiger partial charge on any atom is 0.507 e. The molecular formula is C23H30N4O13. The summed E-state index contributed by atoms with van der Waals surface area (Å²) in [4.78, 5) is 71.6. The molecule has 1 saturated heterocycles. The molecule has 1 aromatic rings. The lowest BCUT2D eigenvalue weighted by molar-refractivity contribution is -0.384. The molecule has 0 saturated carbocycles. The number of carbonyl (C=O) groups is 5. The Morgan fingerprint density at radius 1 is 0.950 bits per heavy atom. The van der Waals surface area contributed by atoms with Crippen LogP contribution >= 0.6 is 0 Å². The van der Waals surface area contributed by atoms with Crippen LogP contribution in [0.25, 0.3) is 0 Å². The fourth-order valence-electron chi connectivity index (χ4n) is 4.59. The Bertz CT molecular complexity index is 1100. The molecule has 17 heteroatoms. The number of carboxylic acid groups (broad SMARTS) is 5. The molecule has 0 unspecified atom stereocenters. The normalized spacial score (nSPS) is 17.9. The molecule has 0 bridgehead atoms. The fourth-order valence-corrected chi connectivity index (χ4v) is 4.59. The number of nitro benzene ring substituents is 1. The van der Waals surface area contributed by atoms with Crippen molar-refractivity contribution in [1.29, 1.82) is 0 Å². The molecule has 1 heterocycles. The molecule has 0 aromatic heterocycles. The number of rotatable bonds is 17. The van der Waals surface area contributed by atoms with Crippen molar-refractivity contribution in [3.8, 4) is 0 Å². The third-order valence-corrected chi connectivity index (χ3v) is 6.31. The quantitative estimate of drug-likeness (QED) is 0.0934. The fraction of sp³-hybridized carbons (Fsp3) is 0.522. The molecule has 1 fully saturated rings. The van der Waals surface area contributed by atoms with Crippen molar-refractivity contribution in [3.05, 3.63) is 39.9 Å². The van der Waals surface area contributed by atoms with Gasteiger partial charge in [-0.1, -0.05) is 12.1 Å². The Kier molecular flexibility index (Phi) is 11.7. The number of nitrogens with zero attached hydrogens (tertiary/aromatic N) is 4. The first kappa shape index (κ1) is 31.9. The lowest BCUT2D eigenvalue weighted by Crippen LogP contribution is -2.51. The molecule has 1 aliphatic rings. The topological polar surface area (TPSA) is 249 Å². The van der Waals surface area contributed by atoms with Gasteiger partial charge in [0, 0.05) is 44.2 Å². The van der Waals surface area contributed by atoms with Crippen LogP contribution in [0, 0.1) is 10.1 Å². The molecular weight excluding hydrogens is 540 g/mol. The van der Waals surface area contributed by atoms with Gasteiger partial charge in [0.05, 0.1) is 24.6 Å². The summed E-state index contributed by atoms with van der Waals surface area (Å²) in [6.45, 7) is -2.17. The van der Waals surface area contributed by atoms with Crippen molar-refractivity contribution in [2.75, 3.05) is 39.3 Å². The zero-order chi connectivity index (χ0) is 30.0. The molecule has 0 aliphatic carbocycles. The lowest BCUT2D eigenvalue weighted by Gasteiger charge is -2.33. The predicted octanol–water partition coefficient (Wildman–Crippen LogP) is -0.0666. The summed E-state index contributed by atoms with van der Waals surface area (Å²) in [6, 6.07) is 3.12. The first-order valence-corrected chi connectivity index (χ1v) is 12.0. The average Bonchev–Trinajstić information content (AvgIpc) is 3.19. The van der Waals surface area contributed by atoms with Crippen LogP contribution in [0.4, 0.5) is 10.5 Å². The summed E-state index contributed by atoms with van der Waals surface area (Å²) < 4.78 is 4.76. The van der Waals surface area contributed by atoms with E-state index in [0.717, 1.165) is 4.90 Å². The summed E-state index contributed by atoms with van der Waals surface area (Å²) >= 11 is 0. The van der Waals surface area contributed by atoms with Crippen LogP contribution < -0.4 is 0 Å². The lowest BCUT2D eigenvalue weighted by atomic mass is 10.0. The molecule has 0 amide bonds. The van der Waals surface area contributed by atoms with E-state index in [1.54, 1.807) is 0 Å². The summed E-state index contributed by atoms with van der Waals surface area (Å²) in [5, 5.41) is 57.7. The van der Waals surface area contributed by atoms with E-state index in [9.17, 15) is 54.5 Å². The van der Waals surface area contributed by atoms with Gasteiger partial charge < -0.3 is 30.3 Å². The standard InChI is InChI=1S/C23H30N4O13/c28-19(29)11-24(10-16-5-6-18(40-23(36)37)26(16)13-21(32)33)7-8-25(12-20(30)31)17(22(34)35)9-14-1-3-15(4-2-14)27(38)39/h1-4,16-18H,5-13H2,(H,28,29)(H,30,31)(H,32,33)(H,34,35)(H,36,37)/t16-,17+,18+/m0/s1. The first-order valence-electron chi connectivity index (χ1n) is 12.0. The Balaban J connectivity index is 2.21. The Morgan fingerprint density at radius 2 is 1.57 bits per heavy atom. The van der Waals surface area contributed by atoms with E-state index in [1.807, 2.05) is 0 Å². The maximum atomic E-state index is 12.1. The third kappa shape index (κ3) is 10.1. The van der Waals surface area contributed by atoms with Crippen LogP contribution in [-0.2, 0) is 30.3 Å². The number of nitro groups is 1. The van der Waals surface area contributed by atoms with Crippen LogP contribution in [0.5, 0.6) is 0 Å². The van der Waals surface area contributed by atoms with Crippen molar-refractivity contribution >= 4 is 35.7 Å². The van der Waals surface area contributed by atoms with Gasteiger partial charge in [-0.25, -0.2) is 4.79 Å². The molecule has 40 heavy (non-hydrogen) atoms. The number of non-ortho nitro benzene ring substituents is 1. The highest BCUT2D eigenvalue weighted by Crippen LogP contribution is 2.26. The van der Waals surface area contributed by atoms with Gasteiger partial charge >= 0.3 is 30.0 Å². The maximum absolute atomic E-state index is 12.1. The van der Waals surface area contributed by atoms with Gasteiger partial charge in [0.1, 0.15) is 6.04 Å². The largest absolute Gasteiger partial charge is 0.507 e. The molecule has 1 aromatic carbocycles. The van der Waals surface area contributed by atoms with Crippen molar-refractivity contribution in [3.63, 3.8) is 0 Å². The minimum atomic E-state index is -1.60. The molecule has 0 spiro atoms. The van der Waals surface area contributed by atoms with Crippen LogP contribution in [0.1, 0.15) is 18.4 Å². The minimum absolute atomic E-state index is 0.0416. The van der Waals surface area contributed by atoms with Gasteiger partial charge in [0.25, 0.3) is 5.69 Å². The number of hydrogen-bond donors (Lipinski definition) is 5. The Hall–Kier alpha value is -4.35. The van der Waals surface area contributed by atoms with Crippen LogP contribution in [0.15, 0.2) is 24.3 Å². The molecule has 17 nitrogen and oxygen atoms in total. The predicted molar refractivity (Wildman–Crippen MR) is 132 cm³/mol. The second-order valence-corrected chi connectivity index (χ2v) is 9.11. The number of likely N-dealkylation sites (tertiary alicyclic amines) is 1. The Labute approximate surface area is 226 Å². The number of carboxylic acids is 4. The van der Waals surface area contributed by atoms with Gasteiger partial charge in [-0.15, -0.1) is 0 Å². The minimum Gasteiger partial charge on any atom is -0.480 e. The molecule has 1 aliphatic heterocycles.